The number of nitrogens with zero attached hydrogens (tertiary/aromatic N) is 3. The van der Waals surface area contributed by atoms with Crippen LogP contribution in [0.4, 0.5) is 26.7 Å². The van der Waals surface area contributed by atoms with E-state index in [1.165, 1.54) is 4.90 Å². The van der Waals surface area contributed by atoms with Gasteiger partial charge in [-0.05, 0) is 49.5 Å². The number of urea groups is 1. The van der Waals surface area contributed by atoms with Crippen molar-refractivity contribution < 1.29 is 26.7 Å². The molecule has 0 unspecified atom stereocenters. The highest BCUT2D eigenvalue weighted by molar-refractivity contribution is 6.14. The Balaban J connectivity index is 1.70. The molecule has 3 rings (SSSR count). The minimum absolute atomic E-state index is 0.127. The number of likely N-dealkylation sites (tertiary alicyclic amines) is 1. The SMILES string of the molecule is C#CCN=C1NC(=O)N(C)/C1=C\C1CCN(Cc2ccc(C(F)(F)F)cc2C(C)(F)F)CC1. The van der Waals surface area contributed by atoms with Gasteiger partial charge < -0.3 is 0 Å². The predicted octanol–water partition coefficient (Wildman–Crippen LogP) is 4.60. The third kappa shape index (κ3) is 5.90. The van der Waals surface area contributed by atoms with Crippen LogP contribution < -0.4 is 5.32 Å². The second kappa shape index (κ2) is 9.51. The van der Waals surface area contributed by atoms with Gasteiger partial charge in [-0.15, -0.1) is 6.42 Å². The number of carbonyl (C=O) groups excluding carboxylic acids is 1. The third-order valence-corrected chi connectivity index (χ3v) is 5.79. The van der Waals surface area contributed by atoms with Crippen molar-refractivity contribution in [1.29, 1.82) is 0 Å². The first kappa shape index (κ1) is 24.7. The van der Waals surface area contributed by atoms with E-state index in [0.717, 1.165) is 12.1 Å². The molecular weight excluding hydrogens is 443 g/mol. The number of likely N-dealkylation sites (N-methyl/N-ethyl adjacent to an activating group) is 1. The zero-order chi connectivity index (χ0) is 24.4. The lowest BCUT2D eigenvalue weighted by molar-refractivity contribution is -0.137. The fraction of sp³-hybridized carbons (Fsp3) is 0.478. The first-order valence-corrected chi connectivity index (χ1v) is 10.5. The van der Waals surface area contributed by atoms with Crippen LogP contribution in [0.15, 0.2) is 35.0 Å². The molecular formula is C23H25F5N4O. The van der Waals surface area contributed by atoms with Gasteiger partial charge in [0.15, 0.2) is 5.84 Å². The maximum atomic E-state index is 14.1. The zero-order valence-electron chi connectivity index (χ0n) is 18.3. The number of carbonyl (C=O) groups is 1. The number of amides is 2. The lowest BCUT2D eigenvalue weighted by atomic mass is 9.94. The molecule has 1 aromatic rings. The number of allylic oxidation sites excluding steroid dienone is 1. The van der Waals surface area contributed by atoms with Crippen LogP contribution >= 0.6 is 0 Å². The van der Waals surface area contributed by atoms with Crippen molar-refractivity contribution >= 4 is 11.9 Å². The molecule has 10 heteroatoms. The van der Waals surface area contributed by atoms with Crippen LogP contribution in [0, 0.1) is 18.3 Å². The molecule has 1 aromatic carbocycles. The summed E-state index contributed by atoms with van der Waals surface area (Å²) in [5, 5.41) is 2.67. The number of halogens is 5. The minimum atomic E-state index is -4.68. The lowest BCUT2D eigenvalue weighted by Gasteiger charge is -2.32. The van der Waals surface area contributed by atoms with Gasteiger partial charge in [-0.25, -0.2) is 13.6 Å². The van der Waals surface area contributed by atoms with Gasteiger partial charge >= 0.3 is 12.2 Å². The van der Waals surface area contributed by atoms with Gasteiger partial charge in [0.2, 0.25) is 0 Å². The molecule has 2 aliphatic rings. The summed E-state index contributed by atoms with van der Waals surface area (Å²) in [6.45, 7) is 2.03. The van der Waals surface area contributed by atoms with E-state index in [4.69, 9.17) is 6.42 Å². The Morgan fingerprint density at radius 3 is 2.48 bits per heavy atom. The number of terminal acetylenes is 1. The molecule has 0 radical (unpaired) electrons. The molecule has 0 aromatic heterocycles. The molecule has 0 bridgehead atoms. The van der Waals surface area contributed by atoms with Crippen molar-refractivity contribution in [3.63, 3.8) is 0 Å². The van der Waals surface area contributed by atoms with E-state index >= 15 is 0 Å². The Labute approximate surface area is 189 Å². The Bertz CT molecular complexity index is 996. The molecule has 2 aliphatic heterocycles. The summed E-state index contributed by atoms with van der Waals surface area (Å²) in [4.78, 5) is 19.6. The summed E-state index contributed by atoms with van der Waals surface area (Å²) in [6.07, 6.45) is 3.91. The van der Waals surface area contributed by atoms with Gasteiger partial charge in [0.05, 0.1) is 11.3 Å². The first-order valence-electron chi connectivity index (χ1n) is 10.5. The Kier molecular flexibility index (Phi) is 7.12. The fourth-order valence-electron chi connectivity index (χ4n) is 3.99. The maximum absolute atomic E-state index is 14.1. The predicted molar refractivity (Wildman–Crippen MR) is 115 cm³/mol. The number of hydrogen-bond donors (Lipinski definition) is 1. The van der Waals surface area contributed by atoms with Crippen LogP contribution in [0.5, 0.6) is 0 Å². The van der Waals surface area contributed by atoms with Crippen molar-refractivity contribution in [3.05, 3.63) is 46.7 Å². The van der Waals surface area contributed by atoms with Crippen molar-refractivity contribution in [2.45, 2.75) is 38.4 Å². The second-order valence-corrected chi connectivity index (χ2v) is 8.28. The van der Waals surface area contributed by atoms with Gasteiger partial charge in [0, 0.05) is 26.1 Å². The summed E-state index contributed by atoms with van der Waals surface area (Å²) >= 11 is 0. The van der Waals surface area contributed by atoms with Gasteiger partial charge in [-0.1, -0.05) is 18.1 Å². The van der Waals surface area contributed by atoms with E-state index < -0.39 is 23.2 Å². The monoisotopic (exact) mass is 468 g/mol. The number of benzene rings is 1. The van der Waals surface area contributed by atoms with Crippen LogP contribution in [0.1, 0.15) is 36.5 Å². The Hall–Kier alpha value is -2.93. The third-order valence-electron chi connectivity index (χ3n) is 5.79. The van der Waals surface area contributed by atoms with Crippen LogP contribution in [0.25, 0.3) is 0 Å². The molecule has 178 valence electrons. The average molecular weight is 468 g/mol. The quantitative estimate of drug-likeness (QED) is 0.507. The van der Waals surface area contributed by atoms with Crippen LogP contribution in [0.2, 0.25) is 0 Å². The van der Waals surface area contributed by atoms with Crippen molar-refractivity contribution in [2.75, 3.05) is 26.7 Å². The van der Waals surface area contributed by atoms with E-state index in [0.29, 0.717) is 50.5 Å². The molecule has 33 heavy (non-hydrogen) atoms. The molecule has 5 nitrogen and oxygen atoms in total. The van der Waals surface area contributed by atoms with E-state index in [-0.39, 0.29) is 30.6 Å². The van der Waals surface area contributed by atoms with Gasteiger partial charge in [-0.2, -0.15) is 13.2 Å². The number of alkyl halides is 5. The lowest BCUT2D eigenvalue weighted by Crippen LogP contribution is -2.34. The van der Waals surface area contributed by atoms with Crippen molar-refractivity contribution in [1.82, 2.24) is 15.1 Å². The topological polar surface area (TPSA) is 47.9 Å². The van der Waals surface area contributed by atoms with Crippen LogP contribution in [0.3, 0.4) is 0 Å². The summed E-state index contributed by atoms with van der Waals surface area (Å²) in [6, 6.07) is 2.23. The second-order valence-electron chi connectivity index (χ2n) is 8.28. The largest absolute Gasteiger partial charge is 0.416 e. The zero-order valence-corrected chi connectivity index (χ0v) is 18.3. The summed E-state index contributed by atoms with van der Waals surface area (Å²) in [5.41, 5.74) is -0.863. The fourth-order valence-corrected chi connectivity index (χ4v) is 3.99. The van der Waals surface area contributed by atoms with E-state index in [1.54, 1.807) is 7.05 Å². The summed E-state index contributed by atoms with van der Waals surface area (Å²) in [7, 11) is 1.63. The highest BCUT2D eigenvalue weighted by Crippen LogP contribution is 2.37. The number of rotatable bonds is 5. The minimum Gasteiger partial charge on any atom is -0.299 e. The molecule has 0 aliphatic carbocycles. The molecule has 1 N–H and O–H groups in total. The Morgan fingerprint density at radius 1 is 1.24 bits per heavy atom. The summed E-state index contributed by atoms with van der Waals surface area (Å²) in [5.74, 6) is -0.446. The molecule has 0 atom stereocenters. The smallest absolute Gasteiger partial charge is 0.299 e. The molecule has 0 saturated carbocycles. The normalized spacial score (nSPS) is 21.0. The van der Waals surface area contributed by atoms with Crippen LogP contribution in [-0.4, -0.2) is 48.3 Å². The molecule has 0 spiro atoms. The average Bonchev–Trinajstić information content (AvgIpc) is 3.00. The van der Waals surface area contributed by atoms with Gasteiger partial charge in [0.25, 0.3) is 5.92 Å². The van der Waals surface area contributed by atoms with Crippen molar-refractivity contribution in [3.8, 4) is 12.3 Å². The maximum Gasteiger partial charge on any atom is 0.416 e. The highest BCUT2D eigenvalue weighted by atomic mass is 19.4. The van der Waals surface area contributed by atoms with Gasteiger partial charge in [0.1, 0.15) is 6.54 Å². The number of hydrogen-bond acceptors (Lipinski definition) is 3. The van der Waals surface area contributed by atoms with E-state index in [2.05, 4.69) is 16.2 Å². The first-order chi connectivity index (χ1) is 15.4. The van der Waals surface area contributed by atoms with E-state index in [9.17, 15) is 26.7 Å². The van der Waals surface area contributed by atoms with Gasteiger partial charge in [-0.3, -0.25) is 20.1 Å². The van der Waals surface area contributed by atoms with Crippen molar-refractivity contribution in [2.24, 2.45) is 10.9 Å². The standard InChI is InChI=1S/C23H25F5N4O/c1-4-9-29-20-19(31(3)21(33)30-20)12-15-7-10-32(11-8-15)14-16-5-6-17(23(26,27)28)13-18(16)22(2,24)25/h1,5-6,12-13,15H,7-11,14H2,2-3H3,(H,29,30,33)/b19-12-. The van der Waals surface area contributed by atoms with E-state index in [1.807, 2.05) is 11.0 Å². The highest BCUT2D eigenvalue weighted by Gasteiger charge is 2.36. The molecule has 2 fully saturated rings. The number of amidine groups is 1. The summed E-state index contributed by atoms with van der Waals surface area (Å²) < 4.78 is 67.1. The van der Waals surface area contributed by atoms with Crippen LogP contribution in [-0.2, 0) is 18.6 Å². The number of nitrogens with one attached hydrogen (secondary N) is 1. The molecule has 2 heterocycles. The number of piperidine rings is 1. The molecule has 2 amide bonds. The Morgan fingerprint density at radius 2 is 1.91 bits per heavy atom. The number of aliphatic imine (C=N–C) groups is 1. The molecule has 2 saturated heterocycles.